The fraction of sp³-hybridized carbons (Fsp3) is 0.235. The van der Waals surface area contributed by atoms with E-state index in [9.17, 15) is 4.79 Å². The fourth-order valence-corrected chi connectivity index (χ4v) is 2.47. The van der Waals surface area contributed by atoms with Crippen LogP contribution in [0.2, 0.25) is 5.02 Å². The van der Waals surface area contributed by atoms with Crippen LogP contribution in [0.15, 0.2) is 36.4 Å². The van der Waals surface area contributed by atoms with Crippen molar-refractivity contribution >= 4 is 28.9 Å². The molecule has 2 rings (SSSR count). The van der Waals surface area contributed by atoms with Crippen LogP contribution in [0.4, 0.5) is 11.4 Å². The van der Waals surface area contributed by atoms with Crippen molar-refractivity contribution in [1.29, 1.82) is 0 Å². The number of nitrogens with one attached hydrogen (secondary N) is 2. The normalized spacial score (nSPS) is 10.2. The molecule has 116 valence electrons. The van der Waals surface area contributed by atoms with Gasteiger partial charge in [-0.25, -0.2) is 0 Å². The number of ether oxygens (including phenoxy) is 1. The molecule has 0 heterocycles. The Hall–Kier alpha value is -2.20. The number of carbonyl (C=O) groups is 1. The summed E-state index contributed by atoms with van der Waals surface area (Å²) in [6.45, 7) is 4.24. The van der Waals surface area contributed by atoms with Gasteiger partial charge in [-0.3, -0.25) is 4.79 Å². The van der Waals surface area contributed by atoms with E-state index in [4.69, 9.17) is 16.3 Å². The van der Waals surface area contributed by atoms with Crippen molar-refractivity contribution in [1.82, 2.24) is 0 Å². The number of benzene rings is 2. The number of carbonyl (C=O) groups excluding carboxylic acids is 1. The zero-order chi connectivity index (χ0) is 16.1. The standard InChI is InChI=1S/C17H19ClN2O2/c1-11-6-12(2)8-14(7-11)19-10-17(21)20-13-4-5-16(22-3)15(18)9-13/h4-9,19H,10H2,1-3H3,(H,20,21). The van der Waals surface area contributed by atoms with E-state index in [1.165, 1.54) is 0 Å². The monoisotopic (exact) mass is 318 g/mol. The first kappa shape index (κ1) is 16.2. The molecule has 0 unspecified atom stereocenters. The van der Waals surface area contributed by atoms with Crippen LogP contribution in [-0.4, -0.2) is 19.6 Å². The van der Waals surface area contributed by atoms with E-state index in [1.807, 2.05) is 26.0 Å². The molecule has 0 fully saturated rings. The number of hydrogen-bond acceptors (Lipinski definition) is 3. The molecule has 0 aromatic heterocycles. The van der Waals surface area contributed by atoms with Crippen molar-refractivity contribution in [3.63, 3.8) is 0 Å². The Morgan fingerprint density at radius 3 is 2.36 bits per heavy atom. The van der Waals surface area contributed by atoms with Crippen LogP contribution in [0.1, 0.15) is 11.1 Å². The van der Waals surface area contributed by atoms with E-state index in [-0.39, 0.29) is 12.5 Å². The molecular formula is C17H19ClN2O2. The minimum atomic E-state index is -0.139. The lowest BCUT2D eigenvalue weighted by Gasteiger charge is -2.10. The van der Waals surface area contributed by atoms with Crippen LogP contribution in [0.25, 0.3) is 0 Å². The maximum absolute atomic E-state index is 12.0. The Labute approximate surface area is 135 Å². The summed E-state index contributed by atoms with van der Waals surface area (Å²) < 4.78 is 5.08. The average molecular weight is 319 g/mol. The first-order valence-electron chi connectivity index (χ1n) is 6.93. The first-order valence-corrected chi connectivity index (χ1v) is 7.31. The quantitative estimate of drug-likeness (QED) is 0.875. The van der Waals surface area contributed by atoms with Crippen molar-refractivity contribution in [2.45, 2.75) is 13.8 Å². The highest BCUT2D eigenvalue weighted by atomic mass is 35.5. The van der Waals surface area contributed by atoms with Crippen LogP contribution in [0.5, 0.6) is 5.75 Å². The molecule has 0 saturated carbocycles. The van der Waals surface area contributed by atoms with Crippen LogP contribution >= 0.6 is 11.6 Å². The molecule has 0 aliphatic carbocycles. The SMILES string of the molecule is COc1ccc(NC(=O)CNc2cc(C)cc(C)c2)cc1Cl. The molecule has 0 aliphatic rings. The molecule has 0 saturated heterocycles. The summed E-state index contributed by atoms with van der Waals surface area (Å²) in [6, 6.07) is 11.2. The molecule has 0 spiro atoms. The van der Waals surface area contributed by atoms with E-state index >= 15 is 0 Å². The molecule has 0 atom stereocenters. The number of hydrogen-bond donors (Lipinski definition) is 2. The van der Waals surface area contributed by atoms with Gasteiger partial charge < -0.3 is 15.4 Å². The second-order valence-corrected chi connectivity index (χ2v) is 5.53. The Balaban J connectivity index is 1.94. The van der Waals surface area contributed by atoms with E-state index < -0.39 is 0 Å². The zero-order valence-electron chi connectivity index (χ0n) is 12.9. The number of halogens is 1. The Morgan fingerprint density at radius 2 is 1.77 bits per heavy atom. The van der Waals surface area contributed by atoms with Crippen LogP contribution in [0.3, 0.4) is 0 Å². The number of anilines is 2. The highest BCUT2D eigenvalue weighted by Crippen LogP contribution is 2.27. The Morgan fingerprint density at radius 1 is 1.09 bits per heavy atom. The van der Waals surface area contributed by atoms with E-state index in [0.29, 0.717) is 16.5 Å². The van der Waals surface area contributed by atoms with E-state index in [0.717, 1.165) is 16.8 Å². The van der Waals surface area contributed by atoms with Gasteiger partial charge in [-0.05, 0) is 55.3 Å². The van der Waals surface area contributed by atoms with Gasteiger partial charge in [0.1, 0.15) is 5.75 Å². The summed E-state index contributed by atoms with van der Waals surface area (Å²) in [5, 5.41) is 6.37. The smallest absolute Gasteiger partial charge is 0.243 e. The predicted molar refractivity (Wildman–Crippen MR) is 91.0 cm³/mol. The van der Waals surface area contributed by atoms with Gasteiger partial charge in [0.05, 0.1) is 18.7 Å². The van der Waals surface area contributed by atoms with Gasteiger partial charge in [-0.1, -0.05) is 17.7 Å². The van der Waals surface area contributed by atoms with Crippen molar-refractivity contribution in [3.05, 3.63) is 52.5 Å². The highest BCUT2D eigenvalue weighted by molar-refractivity contribution is 6.32. The summed E-state index contributed by atoms with van der Waals surface area (Å²) in [5.74, 6) is 0.438. The highest BCUT2D eigenvalue weighted by Gasteiger charge is 2.06. The summed E-state index contributed by atoms with van der Waals surface area (Å²) in [6.07, 6.45) is 0. The minimum absolute atomic E-state index is 0.139. The molecule has 1 amide bonds. The van der Waals surface area contributed by atoms with Crippen molar-refractivity contribution in [2.24, 2.45) is 0 Å². The van der Waals surface area contributed by atoms with Crippen molar-refractivity contribution in [2.75, 3.05) is 24.3 Å². The molecule has 22 heavy (non-hydrogen) atoms. The summed E-state index contributed by atoms with van der Waals surface area (Å²) in [7, 11) is 1.55. The summed E-state index contributed by atoms with van der Waals surface area (Å²) in [5.41, 5.74) is 3.88. The van der Waals surface area contributed by atoms with Crippen LogP contribution < -0.4 is 15.4 Å². The number of amides is 1. The Bertz CT molecular complexity index is 666. The molecule has 5 heteroatoms. The third kappa shape index (κ3) is 4.40. The van der Waals surface area contributed by atoms with Gasteiger partial charge in [-0.15, -0.1) is 0 Å². The molecule has 0 radical (unpaired) electrons. The van der Waals surface area contributed by atoms with E-state index in [2.05, 4.69) is 16.7 Å². The maximum Gasteiger partial charge on any atom is 0.243 e. The summed E-state index contributed by atoms with van der Waals surface area (Å²) in [4.78, 5) is 12.0. The van der Waals surface area contributed by atoms with Crippen LogP contribution in [-0.2, 0) is 4.79 Å². The van der Waals surface area contributed by atoms with Crippen molar-refractivity contribution < 1.29 is 9.53 Å². The lowest BCUT2D eigenvalue weighted by atomic mass is 10.1. The van der Waals surface area contributed by atoms with Gasteiger partial charge in [0, 0.05) is 11.4 Å². The molecule has 2 N–H and O–H groups in total. The van der Waals surface area contributed by atoms with Crippen molar-refractivity contribution in [3.8, 4) is 5.75 Å². The zero-order valence-corrected chi connectivity index (χ0v) is 13.6. The van der Waals surface area contributed by atoms with E-state index in [1.54, 1.807) is 25.3 Å². The third-order valence-corrected chi connectivity index (χ3v) is 3.41. The first-order chi connectivity index (χ1) is 10.5. The molecule has 0 bridgehead atoms. The fourth-order valence-electron chi connectivity index (χ4n) is 2.21. The van der Waals surface area contributed by atoms with Gasteiger partial charge >= 0.3 is 0 Å². The van der Waals surface area contributed by atoms with Gasteiger partial charge in [0.15, 0.2) is 0 Å². The second kappa shape index (κ2) is 7.18. The second-order valence-electron chi connectivity index (χ2n) is 5.13. The third-order valence-electron chi connectivity index (χ3n) is 3.11. The minimum Gasteiger partial charge on any atom is -0.495 e. The number of rotatable bonds is 5. The lowest BCUT2D eigenvalue weighted by Crippen LogP contribution is -2.21. The summed E-state index contributed by atoms with van der Waals surface area (Å²) >= 11 is 6.03. The van der Waals surface area contributed by atoms with Gasteiger partial charge in [0.25, 0.3) is 0 Å². The maximum atomic E-state index is 12.0. The van der Waals surface area contributed by atoms with Crippen LogP contribution in [0, 0.1) is 13.8 Å². The molecular weight excluding hydrogens is 300 g/mol. The number of methoxy groups -OCH3 is 1. The molecule has 4 nitrogen and oxygen atoms in total. The largest absolute Gasteiger partial charge is 0.495 e. The Kier molecular flexibility index (Phi) is 5.28. The van der Waals surface area contributed by atoms with Gasteiger partial charge in [0.2, 0.25) is 5.91 Å². The average Bonchev–Trinajstić information content (AvgIpc) is 2.44. The lowest BCUT2D eigenvalue weighted by molar-refractivity contribution is -0.114. The van der Waals surface area contributed by atoms with Gasteiger partial charge in [-0.2, -0.15) is 0 Å². The molecule has 0 aliphatic heterocycles. The number of aryl methyl sites for hydroxylation is 2. The topological polar surface area (TPSA) is 50.4 Å². The molecule has 2 aromatic rings. The molecule has 2 aromatic carbocycles. The predicted octanol–water partition coefficient (Wildman–Crippen LogP) is 4.02.